The zero-order chi connectivity index (χ0) is 15.2. The number of methoxy groups -OCH3 is 1. The molecule has 0 aliphatic rings. The largest absolute Gasteiger partial charge is 0.493 e. The number of ether oxygens (including phenoxy) is 2. The van der Waals surface area contributed by atoms with E-state index in [4.69, 9.17) is 14.7 Å². The monoisotopic (exact) mass is 345 g/mol. The molecule has 0 amide bonds. The van der Waals surface area contributed by atoms with Crippen LogP contribution in [0.2, 0.25) is 0 Å². The van der Waals surface area contributed by atoms with Gasteiger partial charge in [0.15, 0.2) is 23.9 Å². The van der Waals surface area contributed by atoms with Crippen molar-refractivity contribution in [3.8, 4) is 17.6 Å². The summed E-state index contributed by atoms with van der Waals surface area (Å²) in [6.07, 6.45) is 0. The van der Waals surface area contributed by atoms with E-state index < -0.39 is 0 Å². The predicted octanol–water partition coefficient (Wildman–Crippen LogP) is 3.59. The molecule has 0 radical (unpaired) electrons. The van der Waals surface area contributed by atoms with Crippen LogP contribution < -0.4 is 9.47 Å². The van der Waals surface area contributed by atoms with Gasteiger partial charge in [-0.2, -0.15) is 5.26 Å². The van der Waals surface area contributed by atoms with E-state index in [1.165, 1.54) is 7.11 Å². The summed E-state index contributed by atoms with van der Waals surface area (Å²) in [6.45, 7) is -0.0934. The van der Waals surface area contributed by atoms with Crippen molar-refractivity contribution < 1.29 is 14.3 Å². The highest BCUT2D eigenvalue weighted by Crippen LogP contribution is 2.27. The summed E-state index contributed by atoms with van der Waals surface area (Å²) in [4.78, 5) is 12.0. The molecule has 0 heterocycles. The first-order chi connectivity index (χ1) is 10.1. The average molecular weight is 346 g/mol. The van der Waals surface area contributed by atoms with Crippen LogP contribution in [0.3, 0.4) is 0 Å². The molecule has 2 aromatic rings. The van der Waals surface area contributed by atoms with Crippen molar-refractivity contribution in [1.82, 2.24) is 0 Å². The van der Waals surface area contributed by atoms with Gasteiger partial charge in [0.2, 0.25) is 0 Å². The van der Waals surface area contributed by atoms with Crippen LogP contribution in [0.25, 0.3) is 0 Å². The van der Waals surface area contributed by atoms with Crippen molar-refractivity contribution >= 4 is 21.7 Å². The molecule has 5 heteroatoms. The maximum absolute atomic E-state index is 12.0. The van der Waals surface area contributed by atoms with Crippen LogP contribution in [0.5, 0.6) is 11.5 Å². The van der Waals surface area contributed by atoms with Gasteiger partial charge >= 0.3 is 0 Å². The Bertz CT molecular complexity index is 690. The first-order valence-electron chi connectivity index (χ1n) is 6.13. The third-order valence-electron chi connectivity index (χ3n) is 2.82. The first-order valence-corrected chi connectivity index (χ1v) is 6.93. The minimum absolute atomic E-state index is 0.0934. The molecule has 0 atom stereocenters. The van der Waals surface area contributed by atoms with E-state index in [0.29, 0.717) is 22.6 Å². The van der Waals surface area contributed by atoms with Gasteiger partial charge in [-0.15, -0.1) is 0 Å². The third-order valence-corrected chi connectivity index (χ3v) is 3.35. The Morgan fingerprint density at radius 3 is 2.52 bits per heavy atom. The molecule has 0 bridgehead atoms. The highest BCUT2D eigenvalue weighted by molar-refractivity contribution is 9.10. The van der Waals surface area contributed by atoms with Crippen LogP contribution in [0.4, 0.5) is 0 Å². The molecule has 0 saturated carbocycles. The van der Waals surface area contributed by atoms with Gasteiger partial charge in [-0.1, -0.05) is 28.1 Å². The number of carbonyl (C=O) groups is 1. The lowest BCUT2D eigenvalue weighted by Crippen LogP contribution is -2.12. The molecule has 21 heavy (non-hydrogen) atoms. The smallest absolute Gasteiger partial charge is 0.200 e. The Morgan fingerprint density at radius 2 is 1.90 bits per heavy atom. The maximum Gasteiger partial charge on any atom is 0.200 e. The normalized spacial score (nSPS) is 9.76. The zero-order valence-corrected chi connectivity index (χ0v) is 12.9. The van der Waals surface area contributed by atoms with Crippen LogP contribution in [0, 0.1) is 11.3 Å². The summed E-state index contributed by atoms with van der Waals surface area (Å²) in [7, 11) is 1.49. The lowest BCUT2D eigenvalue weighted by Gasteiger charge is -2.10. The summed E-state index contributed by atoms with van der Waals surface area (Å²) in [5.74, 6) is 0.730. The predicted molar refractivity (Wildman–Crippen MR) is 81.7 cm³/mol. The molecule has 0 spiro atoms. The van der Waals surface area contributed by atoms with Crippen molar-refractivity contribution in [2.75, 3.05) is 13.7 Å². The van der Waals surface area contributed by atoms with E-state index in [9.17, 15) is 4.79 Å². The quantitative estimate of drug-likeness (QED) is 0.777. The Kier molecular flexibility index (Phi) is 4.96. The van der Waals surface area contributed by atoms with Crippen LogP contribution in [-0.4, -0.2) is 19.5 Å². The summed E-state index contributed by atoms with van der Waals surface area (Å²) in [6, 6.07) is 13.9. The highest BCUT2D eigenvalue weighted by Gasteiger charge is 2.10. The lowest BCUT2D eigenvalue weighted by atomic mass is 10.1. The number of carbonyl (C=O) groups excluding carboxylic acids is 1. The van der Waals surface area contributed by atoms with Crippen LogP contribution in [-0.2, 0) is 0 Å². The molecule has 0 unspecified atom stereocenters. The SMILES string of the molecule is COc1cc(C#N)ccc1OCC(=O)c1ccc(Br)cc1. The molecule has 2 aromatic carbocycles. The topological polar surface area (TPSA) is 59.3 Å². The highest BCUT2D eigenvalue weighted by atomic mass is 79.9. The van der Waals surface area contributed by atoms with Gasteiger partial charge in [-0.25, -0.2) is 0 Å². The standard InChI is InChI=1S/C16H12BrNO3/c1-20-16-8-11(9-18)2-7-15(16)21-10-14(19)12-3-5-13(17)6-4-12/h2-8H,10H2,1H3. The molecule has 2 rings (SSSR count). The van der Waals surface area contributed by atoms with Gasteiger partial charge < -0.3 is 9.47 Å². The molecule has 0 N–H and O–H groups in total. The maximum atomic E-state index is 12.0. The fourth-order valence-corrected chi connectivity index (χ4v) is 1.98. The van der Waals surface area contributed by atoms with Crippen molar-refractivity contribution in [3.05, 3.63) is 58.1 Å². The molecule has 4 nitrogen and oxygen atoms in total. The van der Waals surface area contributed by atoms with E-state index in [-0.39, 0.29) is 12.4 Å². The average Bonchev–Trinajstić information content (AvgIpc) is 2.53. The molecule has 0 aliphatic carbocycles. The molecule has 0 saturated heterocycles. The lowest BCUT2D eigenvalue weighted by molar-refractivity contribution is 0.0919. The second-order valence-electron chi connectivity index (χ2n) is 4.20. The van der Waals surface area contributed by atoms with E-state index in [1.54, 1.807) is 42.5 Å². The second kappa shape index (κ2) is 6.91. The number of Topliss-reactive ketones (excluding diaryl/α,β-unsaturated/α-hetero) is 1. The Labute approximate surface area is 131 Å². The number of nitrogens with zero attached hydrogens (tertiary/aromatic N) is 1. The molecular weight excluding hydrogens is 334 g/mol. The van der Waals surface area contributed by atoms with E-state index in [0.717, 1.165) is 4.47 Å². The van der Waals surface area contributed by atoms with Gasteiger partial charge in [-0.05, 0) is 24.3 Å². The fourth-order valence-electron chi connectivity index (χ4n) is 1.72. The number of hydrogen-bond acceptors (Lipinski definition) is 4. The number of hydrogen-bond donors (Lipinski definition) is 0. The first kappa shape index (κ1) is 15.1. The number of halogens is 1. The van der Waals surface area contributed by atoms with Gasteiger partial charge in [0.1, 0.15) is 0 Å². The van der Waals surface area contributed by atoms with Crippen molar-refractivity contribution in [2.24, 2.45) is 0 Å². The van der Waals surface area contributed by atoms with Gasteiger partial charge in [0.05, 0.1) is 18.7 Å². The number of nitriles is 1. The number of ketones is 1. The zero-order valence-electron chi connectivity index (χ0n) is 11.3. The van der Waals surface area contributed by atoms with E-state index in [1.807, 2.05) is 6.07 Å². The Balaban J connectivity index is 2.07. The summed E-state index contributed by atoms with van der Waals surface area (Å²) in [5.41, 5.74) is 1.05. The molecular formula is C16H12BrNO3. The van der Waals surface area contributed by atoms with Crippen LogP contribution >= 0.6 is 15.9 Å². The van der Waals surface area contributed by atoms with Crippen molar-refractivity contribution in [3.63, 3.8) is 0 Å². The van der Waals surface area contributed by atoms with Crippen LogP contribution in [0.1, 0.15) is 15.9 Å². The van der Waals surface area contributed by atoms with Gasteiger partial charge in [-0.3, -0.25) is 4.79 Å². The van der Waals surface area contributed by atoms with E-state index >= 15 is 0 Å². The number of rotatable bonds is 5. The van der Waals surface area contributed by atoms with E-state index in [2.05, 4.69) is 15.9 Å². The minimum atomic E-state index is -0.131. The van der Waals surface area contributed by atoms with Crippen molar-refractivity contribution in [1.29, 1.82) is 5.26 Å². The fraction of sp³-hybridized carbons (Fsp3) is 0.125. The third kappa shape index (κ3) is 3.83. The Hall–Kier alpha value is -2.32. The molecule has 0 fully saturated rings. The summed E-state index contributed by atoms with van der Waals surface area (Å²) >= 11 is 3.32. The van der Waals surface area contributed by atoms with Gasteiger partial charge in [0.25, 0.3) is 0 Å². The minimum Gasteiger partial charge on any atom is -0.493 e. The molecule has 0 aliphatic heterocycles. The summed E-state index contributed by atoms with van der Waals surface area (Å²) in [5, 5.41) is 8.83. The second-order valence-corrected chi connectivity index (χ2v) is 5.11. The van der Waals surface area contributed by atoms with Crippen molar-refractivity contribution in [2.45, 2.75) is 0 Å². The van der Waals surface area contributed by atoms with Crippen LogP contribution in [0.15, 0.2) is 46.9 Å². The Morgan fingerprint density at radius 1 is 1.19 bits per heavy atom. The molecule has 0 aromatic heterocycles. The summed E-state index contributed by atoms with van der Waals surface area (Å²) < 4.78 is 11.5. The molecule has 106 valence electrons. The number of benzene rings is 2. The van der Waals surface area contributed by atoms with Gasteiger partial charge in [0, 0.05) is 16.1 Å².